The van der Waals surface area contributed by atoms with Crippen LogP contribution in [-0.4, -0.2) is 34.8 Å². The predicted molar refractivity (Wildman–Crippen MR) is 125 cm³/mol. The number of carbonyl (C=O) groups is 1. The van der Waals surface area contributed by atoms with Crippen molar-refractivity contribution in [2.75, 3.05) is 0 Å². The number of nitrogens with zero attached hydrogens (tertiary/aromatic N) is 3. The average molecular weight is 478 g/mol. The first kappa shape index (κ1) is 23.3. The molecule has 2 saturated carbocycles. The normalized spacial score (nSPS) is 17.2. The van der Waals surface area contributed by atoms with Gasteiger partial charge in [-0.05, 0) is 49.3 Å². The van der Waals surface area contributed by atoms with Crippen molar-refractivity contribution in [1.29, 1.82) is 0 Å². The Bertz CT molecular complexity index is 1070. The van der Waals surface area contributed by atoms with Crippen molar-refractivity contribution in [3.63, 3.8) is 0 Å². The van der Waals surface area contributed by atoms with E-state index in [1.54, 1.807) is 30.5 Å². The van der Waals surface area contributed by atoms with E-state index in [0.29, 0.717) is 23.7 Å². The largest absolute Gasteiger partial charge is 0.334 e. The minimum atomic E-state index is -3.67. The maximum absolute atomic E-state index is 13.3. The lowest BCUT2D eigenvalue weighted by molar-refractivity contribution is -0.136. The minimum absolute atomic E-state index is 0.0743. The Labute approximate surface area is 195 Å². The van der Waals surface area contributed by atoms with E-state index in [-0.39, 0.29) is 34.7 Å². The van der Waals surface area contributed by atoms with Gasteiger partial charge in [0.15, 0.2) is 0 Å². The Morgan fingerprint density at radius 2 is 1.94 bits per heavy atom. The van der Waals surface area contributed by atoms with Crippen LogP contribution < -0.4 is 0 Å². The van der Waals surface area contributed by atoms with Crippen LogP contribution in [-0.2, 0) is 33.5 Å². The molecule has 0 atom stereocenters. The van der Waals surface area contributed by atoms with Crippen LogP contribution in [0.1, 0.15) is 63.6 Å². The molecule has 174 valence electrons. The molecule has 0 saturated heterocycles. The summed E-state index contributed by atoms with van der Waals surface area (Å²) in [4.78, 5) is 19.5. The van der Waals surface area contributed by atoms with Gasteiger partial charge in [0.2, 0.25) is 20.9 Å². The van der Waals surface area contributed by atoms with Gasteiger partial charge in [0.25, 0.3) is 0 Å². The van der Waals surface area contributed by atoms with Gasteiger partial charge in [-0.2, -0.15) is 0 Å². The molecule has 8 heteroatoms. The Kier molecular flexibility index (Phi) is 6.96. The number of aromatic nitrogens is 2. The molecule has 1 aromatic heterocycles. The van der Waals surface area contributed by atoms with E-state index in [0.717, 1.165) is 44.2 Å². The number of amides is 1. The van der Waals surface area contributed by atoms with Crippen molar-refractivity contribution in [2.24, 2.45) is 11.8 Å². The first-order valence-corrected chi connectivity index (χ1v) is 13.6. The smallest absolute Gasteiger partial charge is 0.228 e. The van der Waals surface area contributed by atoms with Crippen LogP contribution in [0.25, 0.3) is 0 Å². The highest BCUT2D eigenvalue weighted by molar-refractivity contribution is 7.90. The molecule has 0 aliphatic heterocycles. The van der Waals surface area contributed by atoms with Crippen molar-refractivity contribution in [2.45, 2.75) is 82.4 Å². The van der Waals surface area contributed by atoms with Crippen molar-refractivity contribution >= 4 is 27.3 Å². The molecule has 2 aromatic rings. The molecule has 0 unspecified atom stereocenters. The van der Waals surface area contributed by atoms with Crippen molar-refractivity contribution in [1.82, 2.24) is 14.5 Å². The van der Waals surface area contributed by atoms with Gasteiger partial charge in [0.1, 0.15) is 0 Å². The highest BCUT2D eigenvalue weighted by Gasteiger charge is 2.37. The molecule has 0 N–H and O–H groups in total. The topological polar surface area (TPSA) is 72.3 Å². The first-order valence-electron chi connectivity index (χ1n) is 11.6. The average Bonchev–Trinajstić information content (AvgIpc) is 3.25. The third-order valence-electron chi connectivity index (χ3n) is 6.28. The number of rotatable bonds is 9. The summed E-state index contributed by atoms with van der Waals surface area (Å²) < 4.78 is 28.4. The summed E-state index contributed by atoms with van der Waals surface area (Å²) in [6.07, 6.45) is 7.86. The Balaban J connectivity index is 1.62. The van der Waals surface area contributed by atoms with Gasteiger partial charge in [-0.25, -0.2) is 13.4 Å². The number of hydrogen-bond donors (Lipinski definition) is 0. The molecule has 4 rings (SSSR count). The van der Waals surface area contributed by atoms with Gasteiger partial charge in [-0.3, -0.25) is 4.79 Å². The van der Waals surface area contributed by atoms with E-state index in [1.165, 1.54) is 0 Å². The van der Waals surface area contributed by atoms with Crippen LogP contribution in [0.4, 0.5) is 0 Å². The maximum atomic E-state index is 13.3. The van der Waals surface area contributed by atoms with Crippen LogP contribution in [0.5, 0.6) is 0 Å². The maximum Gasteiger partial charge on any atom is 0.228 e. The number of imidazole rings is 1. The number of hydrogen-bond acceptors (Lipinski definition) is 4. The fourth-order valence-corrected chi connectivity index (χ4v) is 6.29. The molecular weight excluding hydrogens is 446 g/mol. The van der Waals surface area contributed by atoms with Crippen molar-refractivity contribution in [3.8, 4) is 0 Å². The van der Waals surface area contributed by atoms with Crippen LogP contribution in [0.3, 0.4) is 0 Å². The van der Waals surface area contributed by atoms with Crippen LogP contribution in [0, 0.1) is 11.8 Å². The summed E-state index contributed by atoms with van der Waals surface area (Å²) in [5.41, 5.74) is 1.43. The van der Waals surface area contributed by atoms with Crippen molar-refractivity contribution < 1.29 is 13.2 Å². The Morgan fingerprint density at radius 3 is 2.56 bits per heavy atom. The Hall–Kier alpha value is -1.86. The number of benzene rings is 1. The summed E-state index contributed by atoms with van der Waals surface area (Å²) in [6, 6.07) is 7.18. The van der Waals surface area contributed by atoms with Gasteiger partial charge < -0.3 is 9.47 Å². The molecule has 1 aromatic carbocycles. The van der Waals surface area contributed by atoms with Gasteiger partial charge in [0.05, 0.1) is 24.2 Å². The number of halogens is 1. The molecule has 32 heavy (non-hydrogen) atoms. The fraction of sp³-hybridized carbons (Fsp3) is 0.583. The predicted octanol–water partition coefficient (Wildman–Crippen LogP) is 4.85. The van der Waals surface area contributed by atoms with Crippen LogP contribution in [0.15, 0.2) is 35.6 Å². The highest BCUT2D eigenvalue weighted by atomic mass is 35.5. The molecule has 2 aliphatic carbocycles. The molecule has 2 aliphatic rings. The van der Waals surface area contributed by atoms with E-state index < -0.39 is 9.84 Å². The standard InChI is InChI=1S/C24H32ClN3O3S/c1-17(2)14-28-22(15-27(21-10-11-21)23(29)19-7-3-4-8-19)13-26-24(28)32(30,31)16-18-6-5-9-20(25)12-18/h5-6,9,12-13,17,19,21H,3-4,7-8,10-11,14-16H2,1-2H3. The third-order valence-corrected chi connectivity index (χ3v) is 8.11. The Morgan fingerprint density at radius 1 is 1.22 bits per heavy atom. The van der Waals surface area contributed by atoms with Gasteiger partial charge in [-0.1, -0.05) is 50.4 Å². The summed E-state index contributed by atoms with van der Waals surface area (Å²) in [7, 11) is -3.67. The molecule has 2 fully saturated rings. The van der Waals surface area contributed by atoms with E-state index in [1.807, 2.05) is 9.47 Å². The molecule has 1 amide bonds. The second-order valence-electron chi connectivity index (χ2n) is 9.60. The molecule has 0 bridgehead atoms. The van der Waals surface area contributed by atoms with Gasteiger partial charge in [0, 0.05) is 23.5 Å². The SMILES string of the molecule is CC(C)Cn1c(CN(C(=O)C2CCCC2)C2CC2)cnc1S(=O)(=O)Cc1cccc(Cl)c1. The van der Waals surface area contributed by atoms with E-state index >= 15 is 0 Å². The number of carbonyl (C=O) groups excluding carboxylic acids is 1. The zero-order valence-corrected chi connectivity index (χ0v) is 20.4. The quantitative estimate of drug-likeness (QED) is 0.517. The van der Waals surface area contributed by atoms with Crippen LogP contribution >= 0.6 is 11.6 Å². The molecule has 1 heterocycles. The van der Waals surface area contributed by atoms with E-state index in [9.17, 15) is 13.2 Å². The lowest BCUT2D eigenvalue weighted by Gasteiger charge is -2.26. The van der Waals surface area contributed by atoms with Gasteiger partial charge >= 0.3 is 0 Å². The molecule has 6 nitrogen and oxygen atoms in total. The van der Waals surface area contributed by atoms with Crippen LogP contribution in [0.2, 0.25) is 5.02 Å². The summed E-state index contributed by atoms with van der Waals surface area (Å²) in [5, 5.41) is 0.583. The summed E-state index contributed by atoms with van der Waals surface area (Å²) >= 11 is 6.05. The van der Waals surface area contributed by atoms with E-state index in [4.69, 9.17) is 11.6 Å². The van der Waals surface area contributed by atoms with Crippen molar-refractivity contribution in [3.05, 3.63) is 46.7 Å². The molecular formula is C24H32ClN3O3S. The molecule has 0 radical (unpaired) electrons. The highest BCUT2D eigenvalue weighted by Crippen LogP contribution is 2.34. The number of sulfone groups is 1. The zero-order valence-electron chi connectivity index (χ0n) is 18.8. The first-order chi connectivity index (χ1) is 15.2. The summed E-state index contributed by atoms with van der Waals surface area (Å²) in [6.45, 7) is 5.07. The van der Waals surface area contributed by atoms with Gasteiger partial charge in [-0.15, -0.1) is 0 Å². The minimum Gasteiger partial charge on any atom is -0.334 e. The second-order valence-corrected chi connectivity index (χ2v) is 11.9. The van der Waals surface area contributed by atoms with E-state index in [2.05, 4.69) is 18.8 Å². The lowest BCUT2D eigenvalue weighted by Crippen LogP contribution is -2.37. The second kappa shape index (κ2) is 9.56. The lowest BCUT2D eigenvalue weighted by atomic mass is 10.1. The fourth-order valence-electron chi connectivity index (χ4n) is 4.59. The zero-order chi connectivity index (χ0) is 22.9. The monoisotopic (exact) mass is 477 g/mol. The third kappa shape index (κ3) is 5.37. The summed E-state index contributed by atoms with van der Waals surface area (Å²) in [5.74, 6) is 0.423. The molecule has 0 spiro atoms.